The number of para-hydroxylation sites is 1. The Morgan fingerprint density at radius 3 is 3.12 bits per heavy atom. The second-order valence-electron chi connectivity index (χ2n) is 6.80. The molecule has 0 saturated carbocycles. The zero-order valence-electron chi connectivity index (χ0n) is 14.2. The molecule has 0 radical (unpaired) electrons. The Kier molecular flexibility index (Phi) is 4.15. The molecule has 5 nitrogen and oxygen atoms in total. The first-order chi connectivity index (χ1) is 12.1. The zero-order chi connectivity index (χ0) is 17.4. The van der Waals surface area contributed by atoms with Crippen LogP contribution in [0.5, 0.6) is 0 Å². The summed E-state index contributed by atoms with van der Waals surface area (Å²) < 4.78 is 0. The number of amides is 2. The van der Waals surface area contributed by atoms with Crippen LogP contribution in [0.25, 0.3) is 10.9 Å². The van der Waals surface area contributed by atoms with Gasteiger partial charge in [0, 0.05) is 30.3 Å². The third kappa shape index (κ3) is 2.88. The quantitative estimate of drug-likeness (QED) is 0.914. The number of rotatable bonds is 4. The number of pyridine rings is 1. The van der Waals surface area contributed by atoms with Gasteiger partial charge in [-0.1, -0.05) is 24.3 Å². The van der Waals surface area contributed by atoms with E-state index < -0.39 is 0 Å². The van der Waals surface area contributed by atoms with Crippen LogP contribution in [0.3, 0.4) is 0 Å². The Morgan fingerprint density at radius 2 is 2.24 bits per heavy atom. The van der Waals surface area contributed by atoms with Crippen molar-refractivity contribution in [2.24, 2.45) is 0 Å². The molecule has 2 aliphatic rings. The molecule has 4 rings (SSSR count). The van der Waals surface area contributed by atoms with Crippen molar-refractivity contribution in [2.75, 3.05) is 12.3 Å². The number of carbonyl (C=O) groups is 2. The van der Waals surface area contributed by atoms with E-state index in [2.05, 4.69) is 17.2 Å². The molecule has 130 valence electrons. The molecule has 0 spiro atoms. The van der Waals surface area contributed by atoms with Gasteiger partial charge >= 0.3 is 0 Å². The van der Waals surface area contributed by atoms with Gasteiger partial charge < -0.3 is 10.2 Å². The molecule has 25 heavy (non-hydrogen) atoms. The summed E-state index contributed by atoms with van der Waals surface area (Å²) in [5, 5.41) is 4.12. The summed E-state index contributed by atoms with van der Waals surface area (Å²) in [7, 11) is 0. The van der Waals surface area contributed by atoms with Crippen LogP contribution in [0.2, 0.25) is 0 Å². The lowest BCUT2D eigenvalue weighted by molar-refractivity contribution is -0.137. The van der Waals surface area contributed by atoms with Gasteiger partial charge in [-0.2, -0.15) is 0 Å². The van der Waals surface area contributed by atoms with Crippen LogP contribution < -0.4 is 5.32 Å². The molecular formula is C19H21N3O2S. The van der Waals surface area contributed by atoms with E-state index in [-0.39, 0.29) is 22.7 Å². The summed E-state index contributed by atoms with van der Waals surface area (Å²) in [6, 6.07) is 9.74. The molecule has 2 aromatic rings. The average molecular weight is 355 g/mol. The molecule has 2 saturated heterocycles. The molecule has 2 fully saturated rings. The highest BCUT2D eigenvalue weighted by atomic mass is 32.2. The molecule has 0 bridgehead atoms. The van der Waals surface area contributed by atoms with E-state index in [1.165, 1.54) is 0 Å². The van der Waals surface area contributed by atoms with Gasteiger partial charge in [0.1, 0.15) is 6.04 Å². The second kappa shape index (κ2) is 6.33. The number of hydrogen-bond acceptors (Lipinski definition) is 4. The Balaban J connectivity index is 1.40. The van der Waals surface area contributed by atoms with Crippen molar-refractivity contribution >= 4 is 34.5 Å². The van der Waals surface area contributed by atoms with E-state index in [1.54, 1.807) is 22.9 Å². The largest absolute Gasteiger partial charge is 0.354 e. The summed E-state index contributed by atoms with van der Waals surface area (Å²) in [5.41, 5.74) is 2.11. The Bertz CT molecular complexity index is 835. The van der Waals surface area contributed by atoms with Gasteiger partial charge in [-0.25, -0.2) is 0 Å². The van der Waals surface area contributed by atoms with E-state index >= 15 is 0 Å². The van der Waals surface area contributed by atoms with Gasteiger partial charge in [0.15, 0.2) is 0 Å². The van der Waals surface area contributed by atoms with Crippen LogP contribution in [0.4, 0.5) is 0 Å². The summed E-state index contributed by atoms with van der Waals surface area (Å²) in [5.74, 6) is 0.745. The minimum atomic E-state index is -0.337. The lowest BCUT2D eigenvalue weighted by atomic mass is 10.1. The number of aromatic nitrogens is 1. The second-order valence-corrected chi connectivity index (χ2v) is 8.30. The number of thioether (sulfide) groups is 1. The molecule has 2 aliphatic heterocycles. The molecule has 1 aromatic heterocycles. The smallest absolute Gasteiger partial charge is 0.243 e. The maximum atomic E-state index is 12.6. The number of nitrogens with one attached hydrogen (secondary N) is 1. The van der Waals surface area contributed by atoms with Gasteiger partial charge in [-0.05, 0) is 31.4 Å². The fourth-order valence-corrected chi connectivity index (χ4v) is 5.25. The van der Waals surface area contributed by atoms with Crippen LogP contribution >= 0.6 is 11.8 Å². The lowest BCUT2D eigenvalue weighted by Crippen LogP contribution is -2.50. The van der Waals surface area contributed by atoms with E-state index in [0.29, 0.717) is 18.7 Å². The standard InChI is InChI=1S/C19H21N3O2S/c1-19-9-7-16(23)22(19)15(12-25-19)18(24)21-11-8-14-5-2-4-13-6-3-10-20-17(13)14/h2-6,10,15H,7-9,11-12H2,1H3,(H,21,24). The zero-order valence-corrected chi connectivity index (χ0v) is 15.0. The van der Waals surface area contributed by atoms with E-state index in [0.717, 1.165) is 29.3 Å². The topological polar surface area (TPSA) is 62.3 Å². The number of nitrogens with zero attached hydrogens (tertiary/aromatic N) is 2. The van der Waals surface area contributed by atoms with Crippen LogP contribution in [0, 0.1) is 0 Å². The molecule has 2 unspecified atom stereocenters. The monoisotopic (exact) mass is 355 g/mol. The molecule has 2 amide bonds. The van der Waals surface area contributed by atoms with Crippen LogP contribution in [0.1, 0.15) is 25.3 Å². The van der Waals surface area contributed by atoms with Crippen molar-refractivity contribution in [2.45, 2.75) is 37.1 Å². The highest BCUT2D eigenvalue weighted by Gasteiger charge is 2.52. The molecule has 3 heterocycles. The SMILES string of the molecule is CC12CCC(=O)N1C(C(=O)NCCc1cccc3cccnc13)CS2. The highest BCUT2D eigenvalue weighted by Crippen LogP contribution is 2.47. The molecule has 1 aromatic carbocycles. The Morgan fingerprint density at radius 1 is 1.40 bits per heavy atom. The molecule has 2 atom stereocenters. The first-order valence-electron chi connectivity index (χ1n) is 8.65. The summed E-state index contributed by atoms with van der Waals surface area (Å²) in [6.07, 6.45) is 3.90. The number of benzene rings is 1. The number of fused-ring (bicyclic) bond motifs is 2. The number of hydrogen-bond donors (Lipinski definition) is 1. The van der Waals surface area contributed by atoms with E-state index in [4.69, 9.17) is 0 Å². The third-order valence-corrected chi connectivity index (χ3v) is 6.66. The fraction of sp³-hybridized carbons (Fsp3) is 0.421. The first-order valence-corrected chi connectivity index (χ1v) is 9.63. The minimum Gasteiger partial charge on any atom is -0.354 e. The van der Waals surface area contributed by atoms with Gasteiger partial charge in [0.05, 0.1) is 10.4 Å². The molecule has 0 aliphatic carbocycles. The molecule has 6 heteroatoms. The number of carbonyl (C=O) groups excluding carboxylic acids is 2. The normalized spacial score (nSPS) is 25.4. The van der Waals surface area contributed by atoms with Crippen molar-refractivity contribution < 1.29 is 9.59 Å². The van der Waals surface area contributed by atoms with Crippen LogP contribution in [0.15, 0.2) is 36.5 Å². The van der Waals surface area contributed by atoms with Gasteiger partial charge in [-0.3, -0.25) is 14.6 Å². The van der Waals surface area contributed by atoms with E-state index in [1.807, 2.05) is 30.3 Å². The van der Waals surface area contributed by atoms with Gasteiger partial charge in [0.25, 0.3) is 0 Å². The third-order valence-electron chi connectivity index (χ3n) is 5.16. The van der Waals surface area contributed by atoms with Crippen molar-refractivity contribution in [3.05, 3.63) is 42.1 Å². The highest BCUT2D eigenvalue weighted by molar-refractivity contribution is 8.01. The predicted octanol–water partition coefficient (Wildman–Crippen LogP) is 2.35. The lowest BCUT2D eigenvalue weighted by Gasteiger charge is -2.29. The van der Waals surface area contributed by atoms with Crippen molar-refractivity contribution in [3.63, 3.8) is 0 Å². The van der Waals surface area contributed by atoms with Crippen LogP contribution in [-0.4, -0.2) is 44.9 Å². The Hall–Kier alpha value is -2.08. The minimum absolute atomic E-state index is 0.0420. The average Bonchev–Trinajstić information content (AvgIpc) is 3.11. The van der Waals surface area contributed by atoms with E-state index in [9.17, 15) is 9.59 Å². The van der Waals surface area contributed by atoms with Gasteiger partial charge in [-0.15, -0.1) is 11.8 Å². The van der Waals surface area contributed by atoms with Gasteiger partial charge in [0.2, 0.25) is 11.8 Å². The van der Waals surface area contributed by atoms with Crippen molar-refractivity contribution in [3.8, 4) is 0 Å². The fourth-order valence-electron chi connectivity index (χ4n) is 3.82. The van der Waals surface area contributed by atoms with Crippen LogP contribution in [-0.2, 0) is 16.0 Å². The predicted molar refractivity (Wildman–Crippen MR) is 99.2 cm³/mol. The van der Waals surface area contributed by atoms with Crippen molar-refractivity contribution in [1.82, 2.24) is 15.2 Å². The first kappa shape index (κ1) is 16.4. The molecule has 1 N–H and O–H groups in total. The Labute approximate surface area is 151 Å². The summed E-state index contributed by atoms with van der Waals surface area (Å²) in [4.78, 5) is 30.8. The molecular weight excluding hydrogens is 334 g/mol. The summed E-state index contributed by atoms with van der Waals surface area (Å²) in [6.45, 7) is 2.62. The summed E-state index contributed by atoms with van der Waals surface area (Å²) >= 11 is 1.72. The van der Waals surface area contributed by atoms with Crippen molar-refractivity contribution in [1.29, 1.82) is 0 Å². The maximum Gasteiger partial charge on any atom is 0.243 e. The maximum absolute atomic E-state index is 12.6.